The molecule has 0 radical (unpaired) electrons. The molecule has 0 saturated heterocycles. The summed E-state index contributed by atoms with van der Waals surface area (Å²) in [4.78, 5) is 43.7. The van der Waals surface area contributed by atoms with E-state index in [1.54, 1.807) is 30.3 Å². The second kappa shape index (κ2) is 11.2. The van der Waals surface area contributed by atoms with Crippen molar-refractivity contribution in [3.8, 4) is 0 Å². The molecule has 2 aliphatic rings. The molecule has 196 valence electrons. The van der Waals surface area contributed by atoms with Gasteiger partial charge in [0.15, 0.2) is 0 Å². The second-order valence-electron chi connectivity index (χ2n) is 9.69. The van der Waals surface area contributed by atoms with Gasteiger partial charge in [-0.1, -0.05) is 56.3 Å². The predicted octanol–water partition coefficient (Wildman–Crippen LogP) is 4.66. The number of rotatable bonds is 8. The first-order valence-electron chi connectivity index (χ1n) is 13.3. The fourth-order valence-electron chi connectivity index (χ4n) is 5.56. The van der Waals surface area contributed by atoms with E-state index in [0.29, 0.717) is 36.5 Å². The van der Waals surface area contributed by atoms with Crippen molar-refractivity contribution >= 4 is 23.5 Å². The van der Waals surface area contributed by atoms with Crippen molar-refractivity contribution in [1.29, 1.82) is 0 Å². The first-order chi connectivity index (χ1) is 18.5. The summed E-state index contributed by atoms with van der Waals surface area (Å²) in [6.07, 6.45) is 0.765. The maximum absolute atomic E-state index is 13.8. The maximum Gasteiger partial charge on any atom is 0.338 e. The summed E-state index contributed by atoms with van der Waals surface area (Å²) >= 11 is 0. The van der Waals surface area contributed by atoms with E-state index in [4.69, 9.17) is 4.74 Å². The Balaban J connectivity index is 1.35. The highest BCUT2D eigenvalue weighted by Crippen LogP contribution is 2.46. The number of nitrogens with one attached hydrogen (secondary N) is 1. The van der Waals surface area contributed by atoms with Gasteiger partial charge in [0.1, 0.15) is 6.61 Å². The number of hydrogen-bond donors (Lipinski definition) is 1. The third-order valence-corrected chi connectivity index (χ3v) is 7.64. The zero-order valence-electron chi connectivity index (χ0n) is 21.9. The zero-order chi connectivity index (χ0) is 26.6. The predicted molar refractivity (Wildman–Crippen MR) is 146 cm³/mol. The van der Waals surface area contributed by atoms with Crippen LogP contribution in [0.15, 0.2) is 72.8 Å². The van der Waals surface area contributed by atoms with E-state index in [2.05, 4.69) is 30.1 Å². The number of carbonyl (C=O) groups excluding carboxylic acids is 3. The smallest absolute Gasteiger partial charge is 0.338 e. The molecule has 0 spiro atoms. The number of likely N-dealkylation sites (N-methyl/N-ethyl adjacent to an activating group) is 1. The molecule has 7 heteroatoms. The van der Waals surface area contributed by atoms with Gasteiger partial charge in [0.2, 0.25) is 5.91 Å². The van der Waals surface area contributed by atoms with Crippen molar-refractivity contribution in [1.82, 2.24) is 9.80 Å². The van der Waals surface area contributed by atoms with Crippen molar-refractivity contribution in [3.05, 3.63) is 101 Å². The van der Waals surface area contributed by atoms with Crippen LogP contribution < -0.4 is 5.32 Å². The lowest BCUT2D eigenvalue weighted by Crippen LogP contribution is -2.49. The minimum atomic E-state index is -0.560. The Kier molecular flexibility index (Phi) is 7.56. The first kappa shape index (κ1) is 25.7. The topological polar surface area (TPSA) is 79.0 Å². The van der Waals surface area contributed by atoms with E-state index in [9.17, 15) is 14.4 Å². The lowest BCUT2D eigenvalue weighted by Gasteiger charge is -2.45. The fourth-order valence-corrected chi connectivity index (χ4v) is 5.56. The van der Waals surface area contributed by atoms with Gasteiger partial charge < -0.3 is 19.9 Å². The Labute approximate surface area is 223 Å². The molecule has 2 heterocycles. The molecule has 3 aromatic rings. The number of fused-ring (bicyclic) bond motifs is 4. The van der Waals surface area contributed by atoms with Gasteiger partial charge in [-0.25, -0.2) is 4.79 Å². The third kappa shape index (κ3) is 4.94. The van der Waals surface area contributed by atoms with E-state index in [-0.39, 0.29) is 23.8 Å². The molecule has 38 heavy (non-hydrogen) atoms. The molecule has 5 rings (SSSR count). The number of carbonyl (C=O) groups is 3. The van der Waals surface area contributed by atoms with Crippen molar-refractivity contribution in [2.75, 3.05) is 38.1 Å². The molecular weight excluding hydrogens is 478 g/mol. The van der Waals surface area contributed by atoms with Gasteiger partial charge in [-0.15, -0.1) is 0 Å². The van der Waals surface area contributed by atoms with Crippen LogP contribution in [0.1, 0.15) is 63.2 Å². The summed E-state index contributed by atoms with van der Waals surface area (Å²) in [6, 6.07) is 21.8. The maximum atomic E-state index is 13.8. The van der Waals surface area contributed by atoms with Gasteiger partial charge in [0, 0.05) is 24.3 Å². The molecular formula is C31H33N3O4. The van der Waals surface area contributed by atoms with E-state index >= 15 is 0 Å². The quantitative estimate of drug-likeness (QED) is 0.445. The lowest BCUT2D eigenvalue weighted by molar-refractivity contribution is -0.119. The highest BCUT2D eigenvalue weighted by Gasteiger charge is 2.46. The molecule has 7 nitrogen and oxygen atoms in total. The minimum Gasteiger partial charge on any atom is -0.461 e. The number of ether oxygens (including phenoxy) is 1. The van der Waals surface area contributed by atoms with Crippen LogP contribution in [-0.2, 0) is 16.0 Å². The standard InChI is InChI=1S/C31H33N3O4/c1-3-33(4-2)19-20-38-31(37)22-13-15-23(16-14-22)32-29(35)27-25-11-7-8-12-26(25)30(36)34-18-17-21-9-5-6-10-24(21)28(27)34/h5-16,27-28H,3-4,17-20H2,1-2H3,(H,32,35)/t27-,28+/m1/s1. The Morgan fingerprint density at radius 1 is 0.947 bits per heavy atom. The molecule has 0 aromatic heterocycles. The molecule has 2 aliphatic heterocycles. The average Bonchev–Trinajstić information content (AvgIpc) is 2.95. The van der Waals surface area contributed by atoms with Gasteiger partial charge in [0.05, 0.1) is 17.5 Å². The monoisotopic (exact) mass is 511 g/mol. The average molecular weight is 512 g/mol. The van der Waals surface area contributed by atoms with E-state index in [0.717, 1.165) is 30.6 Å². The van der Waals surface area contributed by atoms with Crippen LogP contribution in [0.25, 0.3) is 0 Å². The van der Waals surface area contributed by atoms with E-state index < -0.39 is 5.92 Å². The van der Waals surface area contributed by atoms with Gasteiger partial charge in [-0.3, -0.25) is 9.59 Å². The molecule has 1 N–H and O–H groups in total. The molecule has 0 aliphatic carbocycles. The summed E-state index contributed by atoms with van der Waals surface area (Å²) in [5.74, 6) is -1.17. The number of benzene rings is 3. The van der Waals surface area contributed by atoms with Crippen molar-refractivity contribution < 1.29 is 19.1 Å². The number of hydrogen-bond acceptors (Lipinski definition) is 5. The Morgan fingerprint density at radius 3 is 2.37 bits per heavy atom. The van der Waals surface area contributed by atoms with Crippen molar-refractivity contribution in [3.63, 3.8) is 0 Å². The Morgan fingerprint density at radius 2 is 1.63 bits per heavy atom. The molecule has 0 saturated carbocycles. The van der Waals surface area contributed by atoms with Crippen molar-refractivity contribution in [2.45, 2.75) is 32.2 Å². The number of esters is 1. The summed E-state index contributed by atoms with van der Waals surface area (Å²) in [5.41, 5.74) is 4.52. The van der Waals surface area contributed by atoms with Crippen LogP contribution in [0.2, 0.25) is 0 Å². The molecule has 0 bridgehead atoms. The number of anilines is 1. The van der Waals surface area contributed by atoms with Crippen LogP contribution in [0.5, 0.6) is 0 Å². The summed E-state index contributed by atoms with van der Waals surface area (Å²) < 4.78 is 5.41. The minimum absolute atomic E-state index is 0.0342. The first-order valence-corrected chi connectivity index (χ1v) is 13.3. The fraction of sp³-hybridized carbons (Fsp3) is 0.323. The second-order valence-corrected chi connectivity index (χ2v) is 9.69. The van der Waals surface area contributed by atoms with Gasteiger partial charge in [-0.2, -0.15) is 0 Å². The van der Waals surface area contributed by atoms with E-state index in [1.165, 1.54) is 5.56 Å². The van der Waals surface area contributed by atoms with Crippen LogP contribution in [0, 0.1) is 0 Å². The highest BCUT2D eigenvalue weighted by atomic mass is 16.5. The SMILES string of the molecule is CCN(CC)CCOC(=O)c1ccc(NC(=O)[C@@H]2c3ccccc3C(=O)N3CCc4ccccc4[C@@H]23)cc1. The summed E-state index contributed by atoms with van der Waals surface area (Å²) in [5, 5.41) is 3.03. The molecule has 0 unspecified atom stereocenters. The van der Waals surface area contributed by atoms with Gasteiger partial charge >= 0.3 is 5.97 Å². The van der Waals surface area contributed by atoms with Crippen LogP contribution in [-0.4, -0.2) is 60.4 Å². The molecule has 2 atom stereocenters. The van der Waals surface area contributed by atoms with Gasteiger partial charge in [0.25, 0.3) is 5.91 Å². The number of amides is 2. The third-order valence-electron chi connectivity index (χ3n) is 7.64. The van der Waals surface area contributed by atoms with Crippen molar-refractivity contribution in [2.24, 2.45) is 0 Å². The van der Waals surface area contributed by atoms with Crippen LogP contribution in [0.3, 0.4) is 0 Å². The number of nitrogens with zero attached hydrogens (tertiary/aromatic N) is 2. The summed E-state index contributed by atoms with van der Waals surface area (Å²) in [6.45, 7) is 7.57. The Hall–Kier alpha value is -3.97. The molecule has 2 amide bonds. The van der Waals surface area contributed by atoms with Crippen LogP contribution in [0.4, 0.5) is 5.69 Å². The molecule has 0 fully saturated rings. The van der Waals surface area contributed by atoms with Crippen LogP contribution >= 0.6 is 0 Å². The summed E-state index contributed by atoms with van der Waals surface area (Å²) in [7, 11) is 0. The zero-order valence-corrected chi connectivity index (χ0v) is 21.9. The Bertz CT molecular complexity index is 1330. The van der Waals surface area contributed by atoms with E-state index in [1.807, 2.05) is 41.3 Å². The largest absolute Gasteiger partial charge is 0.461 e. The highest BCUT2D eigenvalue weighted by molar-refractivity contribution is 6.04. The lowest BCUT2D eigenvalue weighted by atomic mass is 9.76. The van der Waals surface area contributed by atoms with Gasteiger partial charge in [-0.05, 0) is 66.5 Å². The normalized spacial score (nSPS) is 17.9. The molecule has 3 aromatic carbocycles.